The molecule has 0 aromatic heterocycles. The minimum Gasteiger partial charge on any atom is -0.507 e. The summed E-state index contributed by atoms with van der Waals surface area (Å²) >= 11 is 0. The van der Waals surface area contributed by atoms with Crippen LogP contribution in [0.1, 0.15) is 22.0 Å². The van der Waals surface area contributed by atoms with E-state index < -0.39 is 12.1 Å². The van der Waals surface area contributed by atoms with Crippen LogP contribution in [0.15, 0.2) is 30.9 Å². The lowest BCUT2D eigenvalue weighted by molar-refractivity contribution is 0.0597. The van der Waals surface area contributed by atoms with Crippen LogP contribution < -0.4 is 0 Å². The Labute approximate surface area is 87.4 Å². The summed E-state index contributed by atoms with van der Waals surface area (Å²) in [6.07, 6.45) is 0.460. The zero-order valence-electron chi connectivity index (χ0n) is 8.30. The smallest absolute Gasteiger partial charge is 0.341 e. The van der Waals surface area contributed by atoms with Crippen molar-refractivity contribution in [3.63, 3.8) is 0 Å². The first kappa shape index (κ1) is 11.3. The highest BCUT2D eigenvalue weighted by atomic mass is 16.5. The van der Waals surface area contributed by atoms with Crippen LogP contribution in [-0.4, -0.2) is 23.3 Å². The third-order valence-electron chi connectivity index (χ3n) is 1.99. The van der Waals surface area contributed by atoms with Gasteiger partial charge in [0.1, 0.15) is 11.3 Å². The maximum atomic E-state index is 11.2. The molecule has 1 atom stereocenters. The molecule has 1 unspecified atom stereocenters. The number of aliphatic hydroxyl groups is 1. The van der Waals surface area contributed by atoms with Crippen LogP contribution in [0.25, 0.3) is 0 Å². The number of aromatic hydroxyl groups is 1. The van der Waals surface area contributed by atoms with Crippen LogP contribution >= 0.6 is 0 Å². The Morgan fingerprint density at radius 3 is 2.80 bits per heavy atom. The summed E-state index contributed by atoms with van der Waals surface area (Å²) in [6, 6.07) is 4.20. The zero-order valence-corrected chi connectivity index (χ0v) is 8.30. The maximum Gasteiger partial charge on any atom is 0.341 e. The van der Waals surface area contributed by atoms with Crippen molar-refractivity contribution in [3.05, 3.63) is 42.0 Å². The van der Waals surface area contributed by atoms with Crippen LogP contribution in [0.5, 0.6) is 5.75 Å². The minimum absolute atomic E-state index is 0.0240. The SMILES string of the molecule is C=CC(O)c1ccc(O)c(C(=O)OC)c1. The van der Waals surface area contributed by atoms with Gasteiger partial charge in [-0.15, -0.1) is 6.58 Å². The second-order valence-corrected chi connectivity index (χ2v) is 2.95. The number of benzene rings is 1. The molecular formula is C11H12O4. The minimum atomic E-state index is -0.867. The second kappa shape index (κ2) is 4.61. The van der Waals surface area contributed by atoms with Gasteiger partial charge in [0, 0.05) is 0 Å². The normalized spacial score (nSPS) is 11.9. The lowest BCUT2D eigenvalue weighted by Gasteiger charge is -2.08. The molecule has 4 nitrogen and oxygen atoms in total. The molecule has 1 aromatic rings. The van der Waals surface area contributed by atoms with Crippen molar-refractivity contribution in [1.29, 1.82) is 0 Å². The molecule has 4 heteroatoms. The van der Waals surface area contributed by atoms with Crippen molar-refractivity contribution < 1.29 is 19.7 Å². The topological polar surface area (TPSA) is 66.8 Å². The summed E-state index contributed by atoms with van der Waals surface area (Å²) in [5.74, 6) is -0.826. The fourth-order valence-corrected chi connectivity index (χ4v) is 1.15. The highest BCUT2D eigenvalue weighted by Crippen LogP contribution is 2.23. The summed E-state index contributed by atoms with van der Waals surface area (Å²) in [4.78, 5) is 11.2. The van der Waals surface area contributed by atoms with Crippen LogP contribution in [0.3, 0.4) is 0 Å². The van der Waals surface area contributed by atoms with Gasteiger partial charge in [0.05, 0.1) is 13.2 Å². The number of carbonyl (C=O) groups excluding carboxylic acids is 1. The summed E-state index contributed by atoms with van der Waals surface area (Å²) in [5.41, 5.74) is 0.499. The molecule has 0 amide bonds. The Balaban J connectivity index is 3.16. The van der Waals surface area contributed by atoms with E-state index in [0.717, 1.165) is 0 Å². The van der Waals surface area contributed by atoms with Crippen molar-refractivity contribution in [3.8, 4) is 5.75 Å². The van der Waals surface area contributed by atoms with Gasteiger partial charge in [-0.1, -0.05) is 12.1 Å². The molecule has 0 aliphatic heterocycles. The van der Waals surface area contributed by atoms with Gasteiger partial charge in [0.25, 0.3) is 0 Å². The Morgan fingerprint density at radius 1 is 1.60 bits per heavy atom. The van der Waals surface area contributed by atoms with Crippen LogP contribution in [0.4, 0.5) is 0 Å². The van der Waals surface area contributed by atoms with Crippen molar-refractivity contribution in [2.24, 2.45) is 0 Å². The number of aliphatic hydroxyl groups excluding tert-OH is 1. The van der Waals surface area contributed by atoms with Gasteiger partial charge in [-0.25, -0.2) is 4.79 Å². The predicted octanol–water partition coefficient (Wildman–Crippen LogP) is 1.40. The second-order valence-electron chi connectivity index (χ2n) is 2.95. The van der Waals surface area contributed by atoms with Crippen LogP contribution in [0.2, 0.25) is 0 Å². The van der Waals surface area contributed by atoms with Crippen molar-refractivity contribution in [1.82, 2.24) is 0 Å². The maximum absolute atomic E-state index is 11.2. The molecule has 0 saturated carbocycles. The molecule has 0 bridgehead atoms. The van der Waals surface area contributed by atoms with E-state index in [1.807, 2.05) is 0 Å². The van der Waals surface area contributed by atoms with Gasteiger partial charge in [0.15, 0.2) is 0 Å². The average molecular weight is 208 g/mol. The third-order valence-corrected chi connectivity index (χ3v) is 1.99. The number of hydrogen-bond acceptors (Lipinski definition) is 4. The molecule has 0 aliphatic carbocycles. The average Bonchev–Trinajstić information content (AvgIpc) is 2.27. The molecule has 15 heavy (non-hydrogen) atoms. The number of esters is 1. The first-order valence-corrected chi connectivity index (χ1v) is 4.32. The summed E-state index contributed by atoms with van der Waals surface area (Å²) < 4.78 is 4.48. The van der Waals surface area contributed by atoms with Gasteiger partial charge in [-0.05, 0) is 17.7 Å². The number of phenolic OH excluding ortho intramolecular Hbond substituents is 1. The molecule has 0 saturated heterocycles. The highest BCUT2D eigenvalue weighted by molar-refractivity contribution is 5.92. The van der Waals surface area contributed by atoms with Crippen molar-refractivity contribution in [2.45, 2.75) is 6.10 Å². The molecular weight excluding hydrogens is 196 g/mol. The zero-order chi connectivity index (χ0) is 11.4. The highest BCUT2D eigenvalue weighted by Gasteiger charge is 2.13. The van der Waals surface area contributed by atoms with Crippen molar-refractivity contribution >= 4 is 5.97 Å². The summed E-state index contributed by atoms with van der Waals surface area (Å²) in [7, 11) is 1.22. The predicted molar refractivity (Wildman–Crippen MR) is 54.6 cm³/mol. The molecule has 1 aromatic carbocycles. The number of rotatable bonds is 3. The Hall–Kier alpha value is -1.81. The van der Waals surface area contributed by atoms with E-state index in [9.17, 15) is 15.0 Å². The van der Waals surface area contributed by atoms with Gasteiger partial charge >= 0.3 is 5.97 Å². The van der Waals surface area contributed by atoms with E-state index in [-0.39, 0.29) is 11.3 Å². The Morgan fingerprint density at radius 2 is 2.27 bits per heavy atom. The first-order chi connectivity index (χ1) is 7.10. The molecule has 0 heterocycles. The molecule has 0 radical (unpaired) electrons. The largest absolute Gasteiger partial charge is 0.507 e. The molecule has 0 fully saturated rings. The standard InChI is InChI=1S/C11H12O4/c1-3-9(12)7-4-5-10(13)8(6-7)11(14)15-2/h3-6,9,12-13H,1H2,2H3. The van der Waals surface area contributed by atoms with E-state index in [1.165, 1.54) is 31.4 Å². The Kier molecular flexibility index (Phi) is 3.46. The lowest BCUT2D eigenvalue weighted by Crippen LogP contribution is -2.03. The number of ether oxygens (including phenoxy) is 1. The van der Waals surface area contributed by atoms with Crippen molar-refractivity contribution in [2.75, 3.05) is 7.11 Å². The molecule has 0 spiro atoms. The van der Waals surface area contributed by atoms with E-state index in [2.05, 4.69) is 11.3 Å². The fraction of sp³-hybridized carbons (Fsp3) is 0.182. The lowest BCUT2D eigenvalue weighted by atomic mass is 10.1. The van der Waals surface area contributed by atoms with E-state index >= 15 is 0 Å². The molecule has 2 N–H and O–H groups in total. The van der Waals surface area contributed by atoms with Gasteiger partial charge in [-0.3, -0.25) is 0 Å². The Bertz CT molecular complexity index is 384. The molecule has 1 rings (SSSR count). The fourth-order valence-electron chi connectivity index (χ4n) is 1.15. The number of hydrogen-bond donors (Lipinski definition) is 2. The number of methoxy groups -OCH3 is 1. The monoisotopic (exact) mass is 208 g/mol. The number of phenols is 1. The van der Waals surface area contributed by atoms with E-state index in [4.69, 9.17) is 0 Å². The first-order valence-electron chi connectivity index (χ1n) is 4.32. The van der Waals surface area contributed by atoms with E-state index in [1.54, 1.807) is 0 Å². The van der Waals surface area contributed by atoms with Gasteiger partial charge in [0.2, 0.25) is 0 Å². The van der Waals surface area contributed by atoms with Crippen LogP contribution in [-0.2, 0) is 4.74 Å². The molecule has 0 aliphatic rings. The quantitative estimate of drug-likeness (QED) is 0.582. The summed E-state index contributed by atoms with van der Waals surface area (Å²) in [6.45, 7) is 3.43. The molecule has 80 valence electrons. The third kappa shape index (κ3) is 2.35. The summed E-state index contributed by atoms with van der Waals surface area (Å²) in [5, 5.41) is 18.8. The van der Waals surface area contributed by atoms with Crippen LogP contribution in [0, 0.1) is 0 Å². The van der Waals surface area contributed by atoms with Gasteiger partial charge in [-0.2, -0.15) is 0 Å². The number of carbonyl (C=O) groups is 1. The van der Waals surface area contributed by atoms with Gasteiger partial charge < -0.3 is 14.9 Å². The van der Waals surface area contributed by atoms with E-state index in [0.29, 0.717) is 5.56 Å².